The minimum absolute atomic E-state index is 0.367. The van der Waals surface area contributed by atoms with E-state index in [-0.39, 0.29) is 0 Å². The van der Waals surface area contributed by atoms with Gasteiger partial charge in [-0.25, -0.2) is 9.69 Å². The van der Waals surface area contributed by atoms with Crippen LogP contribution in [0.1, 0.15) is 42.9 Å². The van der Waals surface area contributed by atoms with Gasteiger partial charge in [0.2, 0.25) is 0 Å². The van der Waals surface area contributed by atoms with E-state index in [9.17, 15) is 9.59 Å². The zero-order valence-electron chi connectivity index (χ0n) is 21.6. The highest BCUT2D eigenvalue weighted by Gasteiger charge is 2.44. The molecule has 2 aliphatic heterocycles. The molecular formula is C28H32N6O3. The Morgan fingerprint density at radius 1 is 0.946 bits per heavy atom. The van der Waals surface area contributed by atoms with Gasteiger partial charge in [-0.15, -0.1) is 0 Å². The number of carbonyl (C=O) groups is 2. The summed E-state index contributed by atoms with van der Waals surface area (Å²) in [4.78, 5) is 41.0. The van der Waals surface area contributed by atoms with Gasteiger partial charge in [0.05, 0.1) is 5.56 Å². The first-order valence-corrected chi connectivity index (χ1v) is 12.5. The molecule has 9 nitrogen and oxygen atoms in total. The number of anilines is 2. The van der Waals surface area contributed by atoms with E-state index in [1.165, 1.54) is 6.20 Å². The number of likely N-dealkylation sites (N-methyl/N-ethyl adjacent to an activating group) is 1. The smallest absolute Gasteiger partial charge is 0.419 e. The van der Waals surface area contributed by atoms with Gasteiger partial charge in [0.15, 0.2) is 0 Å². The van der Waals surface area contributed by atoms with Gasteiger partial charge in [-0.05, 0) is 69.8 Å². The summed E-state index contributed by atoms with van der Waals surface area (Å²) < 4.78 is 5.63. The lowest BCUT2D eigenvalue weighted by Gasteiger charge is -2.34. The standard InChI is InChI=1S/C28H32N6O3/c1-28(2,3)37-27(36)34-25(31-20-5-7-21(8-6-20)33-15-13-32(4)14-16-33)24-22(19-9-11-29-12-10-19)17-30-18-23(24)26(34)35/h5-12,17-18,25,31H,13-16H2,1-4H3. The van der Waals surface area contributed by atoms with Gasteiger partial charge in [-0.1, -0.05) is 0 Å². The molecule has 2 aromatic heterocycles. The summed E-state index contributed by atoms with van der Waals surface area (Å²) in [5.74, 6) is -0.445. The van der Waals surface area contributed by atoms with Crippen LogP contribution in [0.4, 0.5) is 16.2 Å². The van der Waals surface area contributed by atoms with E-state index in [2.05, 4.69) is 44.3 Å². The number of imide groups is 1. The third-order valence-corrected chi connectivity index (χ3v) is 6.59. The summed E-state index contributed by atoms with van der Waals surface area (Å²) in [5, 5.41) is 3.43. The maximum absolute atomic E-state index is 13.5. The van der Waals surface area contributed by atoms with E-state index in [1.54, 1.807) is 39.4 Å². The predicted molar refractivity (Wildman–Crippen MR) is 142 cm³/mol. The summed E-state index contributed by atoms with van der Waals surface area (Å²) in [7, 11) is 2.14. The van der Waals surface area contributed by atoms with Crippen molar-refractivity contribution >= 4 is 23.4 Å². The Hall–Kier alpha value is -3.98. The fourth-order valence-electron chi connectivity index (χ4n) is 4.70. The number of amides is 2. The number of hydrogen-bond donors (Lipinski definition) is 1. The van der Waals surface area contributed by atoms with Gasteiger partial charge in [0.25, 0.3) is 5.91 Å². The van der Waals surface area contributed by atoms with E-state index in [4.69, 9.17) is 4.74 Å². The number of carbonyl (C=O) groups excluding carboxylic acids is 2. The summed E-state index contributed by atoms with van der Waals surface area (Å²) in [5.41, 5.74) is 3.84. The van der Waals surface area contributed by atoms with Crippen molar-refractivity contribution in [3.8, 4) is 11.1 Å². The molecule has 0 radical (unpaired) electrons. The molecule has 4 heterocycles. The van der Waals surface area contributed by atoms with Crippen LogP contribution in [0.2, 0.25) is 0 Å². The second-order valence-electron chi connectivity index (χ2n) is 10.4. The van der Waals surface area contributed by atoms with Gasteiger partial charge < -0.3 is 19.9 Å². The summed E-state index contributed by atoms with van der Waals surface area (Å²) in [6.45, 7) is 9.34. The Morgan fingerprint density at radius 3 is 2.24 bits per heavy atom. The SMILES string of the molecule is CN1CCN(c2ccc(NC3c4c(cncc4-c4ccncc4)C(=O)N3C(=O)OC(C)(C)C)cc2)CC1. The Labute approximate surface area is 217 Å². The van der Waals surface area contributed by atoms with Crippen molar-refractivity contribution in [2.45, 2.75) is 32.5 Å². The summed E-state index contributed by atoms with van der Waals surface area (Å²) >= 11 is 0. The fourth-order valence-corrected chi connectivity index (χ4v) is 4.70. The summed E-state index contributed by atoms with van der Waals surface area (Å²) in [6, 6.07) is 11.8. The van der Waals surface area contributed by atoms with Gasteiger partial charge in [0.1, 0.15) is 11.8 Å². The molecule has 1 saturated heterocycles. The van der Waals surface area contributed by atoms with Gasteiger partial charge >= 0.3 is 6.09 Å². The summed E-state index contributed by atoms with van der Waals surface area (Å²) in [6.07, 6.45) is 5.13. The first-order valence-electron chi connectivity index (χ1n) is 12.5. The minimum Gasteiger partial charge on any atom is -0.443 e. The normalized spacial score (nSPS) is 18.1. The lowest BCUT2D eigenvalue weighted by molar-refractivity contribution is 0.0209. The molecule has 9 heteroatoms. The number of piperazine rings is 1. The van der Waals surface area contributed by atoms with Crippen LogP contribution in [0, 0.1) is 0 Å². The highest BCUT2D eigenvalue weighted by atomic mass is 16.6. The molecule has 1 N–H and O–H groups in total. The van der Waals surface area contributed by atoms with Crippen molar-refractivity contribution < 1.29 is 14.3 Å². The van der Waals surface area contributed by atoms with Crippen LogP contribution in [-0.2, 0) is 4.74 Å². The molecule has 0 aliphatic carbocycles. The van der Waals surface area contributed by atoms with Crippen LogP contribution in [0.25, 0.3) is 11.1 Å². The van der Waals surface area contributed by atoms with Crippen LogP contribution in [-0.4, -0.2) is 70.6 Å². The number of pyridine rings is 2. The quantitative estimate of drug-likeness (QED) is 0.564. The molecule has 0 spiro atoms. The van der Waals surface area contributed by atoms with Crippen LogP contribution < -0.4 is 10.2 Å². The van der Waals surface area contributed by atoms with E-state index in [0.29, 0.717) is 11.1 Å². The number of nitrogens with zero attached hydrogens (tertiary/aromatic N) is 5. The van der Waals surface area contributed by atoms with E-state index in [0.717, 1.165) is 53.6 Å². The van der Waals surface area contributed by atoms with Crippen molar-refractivity contribution in [2.75, 3.05) is 43.4 Å². The van der Waals surface area contributed by atoms with E-state index >= 15 is 0 Å². The van der Waals surface area contributed by atoms with E-state index < -0.39 is 23.8 Å². The van der Waals surface area contributed by atoms with Gasteiger partial charge in [-0.2, -0.15) is 0 Å². The Bertz CT molecular complexity index is 1280. The number of ether oxygens (including phenoxy) is 1. The Kier molecular flexibility index (Phi) is 6.55. The number of aromatic nitrogens is 2. The molecule has 0 saturated carbocycles. The number of rotatable bonds is 4. The molecule has 2 amide bonds. The van der Waals surface area contributed by atoms with Gasteiger partial charge in [-0.3, -0.25) is 14.8 Å². The number of benzene rings is 1. The minimum atomic E-state index is -0.766. The molecule has 5 rings (SSSR count). The molecular weight excluding hydrogens is 468 g/mol. The highest BCUT2D eigenvalue weighted by molar-refractivity contribution is 6.08. The second-order valence-corrected chi connectivity index (χ2v) is 10.4. The largest absolute Gasteiger partial charge is 0.443 e. The molecule has 1 fully saturated rings. The molecule has 1 unspecified atom stereocenters. The average Bonchev–Trinajstić information content (AvgIpc) is 3.16. The fraction of sp³-hybridized carbons (Fsp3) is 0.357. The van der Waals surface area contributed by atoms with Crippen molar-refractivity contribution in [1.82, 2.24) is 19.8 Å². The molecule has 1 atom stereocenters. The number of fused-ring (bicyclic) bond motifs is 1. The average molecular weight is 501 g/mol. The van der Waals surface area contributed by atoms with Crippen LogP contribution in [0.15, 0.2) is 61.2 Å². The van der Waals surface area contributed by atoms with Crippen LogP contribution in [0.3, 0.4) is 0 Å². The number of nitrogens with one attached hydrogen (secondary N) is 1. The first-order chi connectivity index (χ1) is 17.7. The monoisotopic (exact) mass is 500 g/mol. The number of hydrogen-bond acceptors (Lipinski definition) is 8. The third-order valence-electron chi connectivity index (χ3n) is 6.59. The molecule has 3 aromatic rings. The molecule has 0 bridgehead atoms. The zero-order valence-corrected chi connectivity index (χ0v) is 21.6. The Morgan fingerprint density at radius 2 is 1.59 bits per heavy atom. The van der Waals surface area contributed by atoms with E-state index in [1.807, 2.05) is 24.3 Å². The molecule has 37 heavy (non-hydrogen) atoms. The van der Waals surface area contributed by atoms with Crippen molar-refractivity contribution in [2.24, 2.45) is 0 Å². The Balaban J connectivity index is 1.50. The molecule has 192 valence electrons. The molecule has 1 aromatic carbocycles. The highest BCUT2D eigenvalue weighted by Crippen LogP contribution is 2.41. The van der Waals surface area contributed by atoms with Crippen molar-refractivity contribution in [1.29, 1.82) is 0 Å². The van der Waals surface area contributed by atoms with Crippen LogP contribution in [0.5, 0.6) is 0 Å². The third kappa shape index (κ3) is 5.13. The zero-order chi connectivity index (χ0) is 26.2. The topological polar surface area (TPSA) is 90.9 Å². The lowest BCUT2D eigenvalue weighted by Crippen LogP contribution is -2.44. The second kappa shape index (κ2) is 9.82. The lowest BCUT2D eigenvalue weighted by atomic mass is 9.99. The molecule has 2 aliphatic rings. The van der Waals surface area contributed by atoms with Gasteiger partial charge in [0, 0.05) is 73.5 Å². The first kappa shape index (κ1) is 24.7. The van der Waals surface area contributed by atoms with Crippen molar-refractivity contribution in [3.05, 3.63) is 72.3 Å². The van der Waals surface area contributed by atoms with Crippen LogP contribution >= 0.6 is 0 Å². The maximum Gasteiger partial charge on any atom is 0.419 e. The van der Waals surface area contributed by atoms with Crippen molar-refractivity contribution in [3.63, 3.8) is 0 Å². The predicted octanol–water partition coefficient (Wildman–Crippen LogP) is 4.40. The maximum atomic E-state index is 13.5.